The first kappa shape index (κ1) is 14.8. The largest absolute Gasteiger partial charge is 0.480 e. The van der Waals surface area contributed by atoms with Crippen molar-refractivity contribution in [3.63, 3.8) is 0 Å². The van der Waals surface area contributed by atoms with E-state index >= 15 is 0 Å². The fourth-order valence-electron chi connectivity index (χ4n) is 4.22. The summed E-state index contributed by atoms with van der Waals surface area (Å²) in [7, 11) is 0. The molecule has 1 aliphatic heterocycles. The van der Waals surface area contributed by atoms with E-state index in [1.54, 1.807) is 0 Å². The highest BCUT2D eigenvalue weighted by atomic mass is 16.4. The lowest BCUT2D eigenvalue weighted by atomic mass is 9.70. The van der Waals surface area contributed by atoms with Crippen LogP contribution in [0.15, 0.2) is 0 Å². The lowest BCUT2D eigenvalue weighted by Gasteiger charge is -2.46. The van der Waals surface area contributed by atoms with E-state index in [4.69, 9.17) is 0 Å². The van der Waals surface area contributed by atoms with E-state index in [9.17, 15) is 9.90 Å². The Morgan fingerprint density at radius 1 is 1.21 bits per heavy atom. The van der Waals surface area contributed by atoms with Gasteiger partial charge in [0.25, 0.3) is 0 Å². The number of carbonyl (C=O) groups is 1. The molecule has 0 aromatic carbocycles. The normalized spacial score (nSPS) is 36.7. The molecule has 1 saturated heterocycles. The van der Waals surface area contributed by atoms with Crippen molar-refractivity contribution in [2.75, 3.05) is 6.54 Å². The average Bonchev–Trinajstić information content (AvgIpc) is 2.53. The zero-order valence-electron chi connectivity index (χ0n) is 12.7. The van der Waals surface area contributed by atoms with Crippen molar-refractivity contribution in [1.82, 2.24) is 4.90 Å². The molecule has 0 spiro atoms. The molecule has 2 fully saturated rings. The van der Waals surface area contributed by atoms with Crippen molar-refractivity contribution in [1.29, 1.82) is 0 Å². The summed E-state index contributed by atoms with van der Waals surface area (Å²) in [6.07, 6.45) is 7.87. The minimum absolute atomic E-state index is 0.240. The lowest BCUT2D eigenvalue weighted by Crippen LogP contribution is -2.52. The van der Waals surface area contributed by atoms with Crippen molar-refractivity contribution < 1.29 is 9.90 Å². The van der Waals surface area contributed by atoms with Crippen LogP contribution in [0.1, 0.15) is 65.7 Å². The van der Waals surface area contributed by atoms with Crippen molar-refractivity contribution in [3.8, 4) is 0 Å². The van der Waals surface area contributed by atoms with Gasteiger partial charge in [-0.2, -0.15) is 0 Å². The molecule has 3 nitrogen and oxygen atoms in total. The molecule has 0 bridgehead atoms. The van der Waals surface area contributed by atoms with Crippen LogP contribution in [0.25, 0.3) is 0 Å². The molecule has 2 aliphatic rings. The highest BCUT2D eigenvalue weighted by Crippen LogP contribution is 2.41. The second kappa shape index (κ2) is 5.82. The van der Waals surface area contributed by atoms with Gasteiger partial charge >= 0.3 is 5.97 Å². The quantitative estimate of drug-likeness (QED) is 0.832. The molecule has 1 aliphatic carbocycles. The maximum atomic E-state index is 11.6. The van der Waals surface area contributed by atoms with Gasteiger partial charge in [0.15, 0.2) is 0 Å². The van der Waals surface area contributed by atoms with Crippen LogP contribution in [0.2, 0.25) is 0 Å². The highest BCUT2D eigenvalue weighted by Gasteiger charge is 2.39. The van der Waals surface area contributed by atoms with Crippen molar-refractivity contribution in [3.05, 3.63) is 0 Å². The van der Waals surface area contributed by atoms with E-state index in [2.05, 4.69) is 25.7 Å². The van der Waals surface area contributed by atoms with Gasteiger partial charge in [-0.1, -0.05) is 33.6 Å². The van der Waals surface area contributed by atoms with Crippen LogP contribution in [-0.4, -0.2) is 34.6 Å². The van der Waals surface area contributed by atoms with Gasteiger partial charge in [0.2, 0.25) is 0 Å². The number of carboxylic acid groups (broad SMARTS) is 1. The van der Waals surface area contributed by atoms with E-state index in [-0.39, 0.29) is 6.04 Å². The summed E-state index contributed by atoms with van der Waals surface area (Å²) in [5.41, 5.74) is 0.431. The molecular formula is C16H29NO2. The third kappa shape index (κ3) is 3.50. The molecule has 2 rings (SSSR count). The maximum Gasteiger partial charge on any atom is 0.320 e. The Balaban J connectivity index is 2.11. The molecule has 19 heavy (non-hydrogen) atoms. The van der Waals surface area contributed by atoms with Crippen LogP contribution < -0.4 is 0 Å². The third-order valence-electron chi connectivity index (χ3n) is 5.15. The molecule has 0 radical (unpaired) electrons. The van der Waals surface area contributed by atoms with Gasteiger partial charge in [-0.15, -0.1) is 0 Å². The van der Waals surface area contributed by atoms with Crippen LogP contribution in [-0.2, 0) is 4.79 Å². The molecule has 0 aromatic rings. The van der Waals surface area contributed by atoms with Gasteiger partial charge in [-0.05, 0) is 50.0 Å². The molecule has 3 atom stereocenters. The summed E-state index contributed by atoms with van der Waals surface area (Å²) in [4.78, 5) is 13.9. The molecule has 3 unspecified atom stereocenters. The van der Waals surface area contributed by atoms with Crippen LogP contribution in [0.5, 0.6) is 0 Å². The predicted molar refractivity (Wildman–Crippen MR) is 77.2 cm³/mol. The number of hydrogen-bond acceptors (Lipinski definition) is 2. The first-order valence-electron chi connectivity index (χ1n) is 7.89. The Morgan fingerprint density at radius 2 is 1.95 bits per heavy atom. The molecule has 1 N–H and O–H groups in total. The van der Waals surface area contributed by atoms with Gasteiger partial charge in [0.05, 0.1) is 0 Å². The Kier molecular flexibility index (Phi) is 4.54. The van der Waals surface area contributed by atoms with Gasteiger partial charge in [0.1, 0.15) is 6.04 Å². The maximum absolute atomic E-state index is 11.6. The van der Waals surface area contributed by atoms with E-state index in [1.165, 1.54) is 19.3 Å². The van der Waals surface area contributed by atoms with Gasteiger partial charge in [-0.25, -0.2) is 0 Å². The number of likely N-dealkylation sites (tertiary alicyclic amines) is 1. The second-order valence-corrected chi connectivity index (χ2v) is 7.39. The first-order chi connectivity index (χ1) is 8.91. The zero-order chi connectivity index (χ0) is 14.0. The summed E-state index contributed by atoms with van der Waals surface area (Å²) in [6, 6.07) is 0.239. The number of carboxylic acids is 1. The Labute approximate surface area is 117 Å². The minimum atomic E-state index is -0.612. The van der Waals surface area contributed by atoms with E-state index < -0.39 is 5.97 Å². The minimum Gasteiger partial charge on any atom is -0.480 e. The van der Waals surface area contributed by atoms with Gasteiger partial charge in [0, 0.05) is 6.04 Å². The van der Waals surface area contributed by atoms with E-state index in [0.29, 0.717) is 17.4 Å². The summed E-state index contributed by atoms with van der Waals surface area (Å²) in [5, 5.41) is 9.51. The van der Waals surface area contributed by atoms with Gasteiger partial charge in [-0.3, -0.25) is 9.69 Å². The number of nitrogens with zero attached hydrogens (tertiary/aromatic N) is 1. The smallest absolute Gasteiger partial charge is 0.320 e. The van der Waals surface area contributed by atoms with Gasteiger partial charge < -0.3 is 5.11 Å². The van der Waals surface area contributed by atoms with E-state index in [0.717, 1.165) is 32.2 Å². The van der Waals surface area contributed by atoms with Crippen LogP contribution in [0.4, 0.5) is 0 Å². The number of hydrogen-bond donors (Lipinski definition) is 1. The Hall–Kier alpha value is -0.570. The zero-order valence-corrected chi connectivity index (χ0v) is 12.7. The highest BCUT2D eigenvalue weighted by molar-refractivity contribution is 5.73. The van der Waals surface area contributed by atoms with Crippen LogP contribution in [0.3, 0.4) is 0 Å². The van der Waals surface area contributed by atoms with Crippen molar-refractivity contribution in [2.24, 2.45) is 11.3 Å². The van der Waals surface area contributed by atoms with Crippen molar-refractivity contribution >= 4 is 5.97 Å². The molecule has 0 aromatic heterocycles. The van der Waals surface area contributed by atoms with Crippen LogP contribution in [0, 0.1) is 11.3 Å². The number of rotatable bonds is 2. The summed E-state index contributed by atoms with van der Waals surface area (Å²) < 4.78 is 0. The first-order valence-corrected chi connectivity index (χ1v) is 7.89. The summed E-state index contributed by atoms with van der Waals surface area (Å²) in [5.74, 6) is 0.00244. The molecule has 1 saturated carbocycles. The fraction of sp³-hybridized carbons (Fsp3) is 0.938. The standard InChI is InChI=1S/C16H29NO2/c1-12-11-16(2,3)9-8-13(12)17-10-6-4-5-7-14(17)15(18)19/h12-14H,4-11H2,1-3H3,(H,18,19). The lowest BCUT2D eigenvalue weighted by molar-refractivity contribution is -0.145. The number of aliphatic carboxylic acids is 1. The molecular weight excluding hydrogens is 238 g/mol. The summed E-state index contributed by atoms with van der Waals surface area (Å²) >= 11 is 0. The molecule has 3 heteroatoms. The predicted octanol–water partition coefficient (Wildman–Crippen LogP) is 3.53. The van der Waals surface area contributed by atoms with Crippen LogP contribution >= 0.6 is 0 Å². The SMILES string of the molecule is CC1CC(C)(C)CCC1N1CCCCCC1C(=O)O. The molecule has 0 amide bonds. The molecule has 110 valence electrons. The Morgan fingerprint density at radius 3 is 2.58 bits per heavy atom. The summed E-state index contributed by atoms with van der Waals surface area (Å²) in [6.45, 7) is 7.98. The topological polar surface area (TPSA) is 40.5 Å². The molecule has 1 heterocycles. The van der Waals surface area contributed by atoms with Crippen molar-refractivity contribution in [2.45, 2.75) is 77.8 Å². The average molecular weight is 267 g/mol. The van der Waals surface area contributed by atoms with E-state index in [1.807, 2.05) is 0 Å². The third-order valence-corrected chi connectivity index (χ3v) is 5.15. The fourth-order valence-corrected chi connectivity index (χ4v) is 4.22. The monoisotopic (exact) mass is 267 g/mol. The Bertz CT molecular complexity index is 327. The second-order valence-electron chi connectivity index (χ2n) is 7.39.